The first kappa shape index (κ1) is 11.0. The van der Waals surface area contributed by atoms with Crippen molar-refractivity contribution < 1.29 is 9.59 Å². The van der Waals surface area contributed by atoms with Crippen LogP contribution in [0.2, 0.25) is 0 Å². The molecule has 14 heavy (non-hydrogen) atoms. The Bertz CT molecular complexity index is 250. The molecule has 0 radical (unpaired) electrons. The number of hydrogen-bond donors (Lipinski definition) is 2. The topological polar surface area (TPSA) is 75.4 Å². The van der Waals surface area contributed by atoms with E-state index < -0.39 is 11.8 Å². The van der Waals surface area contributed by atoms with Gasteiger partial charge in [-0.2, -0.15) is 0 Å². The Morgan fingerprint density at radius 2 is 2.14 bits per heavy atom. The number of nitrogens with two attached hydrogens (primary N) is 1. The maximum absolute atomic E-state index is 11.4. The molecule has 0 aliphatic carbocycles. The van der Waals surface area contributed by atoms with Gasteiger partial charge in [-0.1, -0.05) is 13.8 Å². The number of nitrogens with zero attached hydrogens (tertiary/aromatic N) is 1. The third-order valence-electron chi connectivity index (χ3n) is 2.32. The second-order valence-electron chi connectivity index (χ2n) is 4.35. The van der Waals surface area contributed by atoms with E-state index in [1.54, 1.807) is 4.90 Å². The fourth-order valence-electron chi connectivity index (χ4n) is 1.36. The van der Waals surface area contributed by atoms with Gasteiger partial charge >= 0.3 is 11.8 Å². The highest BCUT2D eigenvalue weighted by atomic mass is 16.2. The van der Waals surface area contributed by atoms with E-state index in [9.17, 15) is 9.59 Å². The summed E-state index contributed by atoms with van der Waals surface area (Å²) in [6, 6.07) is 0. The van der Waals surface area contributed by atoms with Crippen molar-refractivity contribution in [2.24, 2.45) is 11.1 Å². The van der Waals surface area contributed by atoms with Gasteiger partial charge in [0.15, 0.2) is 0 Å². The Labute approximate surface area is 83.6 Å². The molecule has 0 aromatic rings. The zero-order valence-electron chi connectivity index (χ0n) is 8.67. The number of carbonyl (C=O) groups excluding carboxylic acids is 2. The van der Waals surface area contributed by atoms with Crippen LogP contribution in [0.4, 0.5) is 0 Å². The first-order valence-electron chi connectivity index (χ1n) is 4.73. The molecule has 0 aromatic carbocycles. The highest BCUT2D eigenvalue weighted by molar-refractivity contribution is 6.35. The molecule has 1 rings (SSSR count). The van der Waals surface area contributed by atoms with Gasteiger partial charge in [0.25, 0.3) is 0 Å². The Balaban J connectivity index is 2.60. The van der Waals surface area contributed by atoms with Crippen LogP contribution in [-0.2, 0) is 9.59 Å². The zero-order valence-corrected chi connectivity index (χ0v) is 8.67. The summed E-state index contributed by atoms with van der Waals surface area (Å²) >= 11 is 0. The summed E-state index contributed by atoms with van der Waals surface area (Å²) in [5.74, 6) is -0.957. The van der Waals surface area contributed by atoms with Gasteiger partial charge in [-0.25, -0.2) is 0 Å². The van der Waals surface area contributed by atoms with Gasteiger partial charge in [0, 0.05) is 19.6 Å². The fourth-order valence-corrected chi connectivity index (χ4v) is 1.36. The van der Waals surface area contributed by atoms with Crippen LogP contribution in [0.1, 0.15) is 13.8 Å². The standard InChI is InChI=1S/C9H17N3O2/c1-9(2,5-10)6-12-4-3-11-7(13)8(12)14/h3-6,10H2,1-2H3,(H,11,13). The monoisotopic (exact) mass is 199 g/mol. The molecule has 0 spiro atoms. The van der Waals surface area contributed by atoms with E-state index in [2.05, 4.69) is 5.32 Å². The molecule has 3 N–H and O–H groups in total. The quantitative estimate of drug-likeness (QED) is 0.568. The molecule has 1 aliphatic rings. The first-order valence-corrected chi connectivity index (χ1v) is 4.73. The Hall–Kier alpha value is -1.10. The van der Waals surface area contributed by atoms with Crippen molar-refractivity contribution in [3.05, 3.63) is 0 Å². The lowest BCUT2D eigenvalue weighted by atomic mass is 9.93. The van der Waals surface area contributed by atoms with Crippen molar-refractivity contribution in [1.29, 1.82) is 0 Å². The van der Waals surface area contributed by atoms with Crippen LogP contribution < -0.4 is 11.1 Å². The van der Waals surface area contributed by atoms with Crippen molar-refractivity contribution >= 4 is 11.8 Å². The lowest BCUT2D eigenvalue weighted by Crippen LogP contribution is -2.55. The summed E-state index contributed by atoms with van der Waals surface area (Å²) in [7, 11) is 0. The van der Waals surface area contributed by atoms with Crippen LogP contribution >= 0.6 is 0 Å². The van der Waals surface area contributed by atoms with Crippen LogP contribution in [-0.4, -0.2) is 42.9 Å². The predicted octanol–water partition coefficient (Wildman–Crippen LogP) is -1.07. The molecule has 0 unspecified atom stereocenters. The summed E-state index contributed by atoms with van der Waals surface area (Å²) < 4.78 is 0. The lowest BCUT2D eigenvalue weighted by Gasteiger charge is -2.33. The largest absolute Gasteiger partial charge is 0.346 e. The Morgan fingerprint density at radius 1 is 1.50 bits per heavy atom. The molecule has 5 heteroatoms. The number of hydrogen-bond acceptors (Lipinski definition) is 3. The van der Waals surface area contributed by atoms with Crippen molar-refractivity contribution in [2.45, 2.75) is 13.8 Å². The molecule has 2 amide bonds. The van der Waals surface area contributed by atoms with Crippen molar-refractivity contribution in [3.63, 3.8) is 0 Å². The second-order valence-corrected chi connectivity index (χ2v) is 4.35. The van der Waals surface area contributed by atoms with E-state index in [1.807, 2.05) is 13.8 Å². The van der Waals surface area contributed by atoms with Gasteiger partial charge < -0.3 is 16.0 Å². The first-order chi connectivity index (χ1) is 6.46. The predicted molar refractivity (Wildman–Crippen MR) is 52.4 cm³/mol. The molecule has 80 valence electrons. The Morgan fingerprint density at radius 3 is 2.71 bits per heavy atom. The van der Waals surface area contributed by atoms with Crippen molar-refractivity contribution in [2.75, 3.05) is 26.2 Å². The number of rotatable bonds is 3. The summed E-state index contributed by atoms with van der Waals surface area (Å²) in [4.78, 5) is 24.0. The highest BCUT2D eigenvalue weighted by Crippen LogP contribution is 2.15. The maximum atomic E-state index is 11.4. The average Bonchev–Trinajstić information content (AvgIpc) is 2.13. The molecule has 0 atom stereocenters. The third kappa shape index (κ3) is 2.45. The summed E-state index contributed by atoms with van der Waals surface area (Å²) in [6.07, 6.45) is 0. The van der Waals surface area contributed by atoms with Gasteiger partial charge in [-0.3, -0.25) is 9.59 Å². The SMILES string of the molecule is CC(C)(CN)CN1CCNC(=O)C1=O. The fraction of sp³-hybridized carbons (Fsp3) is 0.778. The number of amides is 2. The zero-order chi connectivity index (χ0) is 10.8. The lowest BCUT2D eigenvalue weighted by molar-refractivity contribution is -0.149. The van der Waals surface area contributed by atoms with Crippen LogP contribution in [0, 0.1) is 5.41 Å². The molecule has 0 bridgehead atoms. The van der Waals surface area contributed by atoms with E-state index >= 15 is 0 Å². The van der Waals surface area contributed by atoms with E-state index in [0.717, 1.165) is 0 Å². The molecule has 1 saturated heterocycles. The Kier molecular flexibility index (Phi) is 3.10. The van der Waals surface area contributed by atoms with E-state index in [0.29, 0.717) is 26.2 Å². The summed E-state index contributed by atoms with van der Waals surface area (Å²) in [6.45, 7) is 6.10. The van der Waals surface area contributed by atoms with Crippen molar-refractivity contribution in [3.8, 4) is 0 Å². The van der Waals surface area contributed by atoms with Crippen molar-refractivity contribution in [1.82, 2.24) is 10.2 Å². The molecule has 1 fully saturated rings. The van der Waals surface area contributed by atoms with Crippen LogP contribution in [0.5, 0.6) is 0 Å². The van der Waals surface area contributed by atoms with Crippen LogP contribution in [0.25, 0.3) is 0 Å². The van der Waals surface area contributed by atoms with E-state index in [4.69, 9.17) is 5.73 Å². The summed E-state index contributed by atoms with van der Waals surface area (Å²) in [5.41, 5.74) is 5.43. The molecular formula is C9H17N3O2. The molecular weight excluding hydrogens is 182 g/mol. The van der Waals surface area contributed by atoms with Gasteiger partial charge in [0.05, 0.1) is 0 Å². The minimum absolute atomic E-state index is 0.132. The molecule has 1 heterocycles. The third-order valence-corrected chi connectivity index (χ3v) is 2.32. The minimum Gasteiger partial charge on any atom is -0.346 e. The second kappa shape index (κ2) is 3.96. The van der Waals surface area contributed by atoms with E-state index in [1.165, 1.54) is 0 Å². The van der Waals surface area contributed by atoms with Gasteiger partial charge in [-0.05, 0) is 12.0 Å². The minimum atomic E-state index is -0.510. The highest BCUT2D eigenvalue weighted by Gasteiger charge is 2.30. The van der Waals surface area contributed by atoms with Crippen LogP contribution in [0.3, 0.4) is 0 Å². The number of nitrogens with one attached hydrogen (secondary N) is 1. The molecule has 1 aliphatic heterocycles. The summed E-state index contributed by atoms with van der Waals surface area (Å²) in [5, 5.41) is 2.50. The smallest absolute Gasteiger partial charge is 0.311 e. The normalized spacial score (nSPS) is 18.4. The molecule has 0 saturated carbocycles. The molecule has 5 nitrogen and oxygen atoms in total. The van der Waals surface area contributed by atoms with E-state index in [-0.39, 0.29) is 5.41 Å². The van der Waals surface area contributed by atoms with Gasteiger partial charge in [0.2, 0.25) is 0 Å². The maximum Gasteiger partial charge on any atom is 0.311 e. The van der Waals surface area contributed by atoms with Crippen LogP contribution in [0.15, 0.2) is 0 Å². The number of piperazine rings is 1. The van der Waals surface area contributed by atoms with Gasteiger partial charge in [-0.15, -0.1) is 0 Å². The molecule has 0 aromatic heterocycles. The van der Waals surface area contributed by atoms with Gasteiger partial charge in [0.1, 0.15) is 0 Å². The number of carbonyl (C=O) groups is 2. The average molecular weight is 199 g/mol.